The summed E-state index contributed by atoms with van der Waals surface area (Å²) in [6.45, 7) is 1.78. The number of benzene rings is 1. The molecule has 1 unspecified atom stereocenters. The van der Waals surface area contributed by atoms with Crippen LogP contribution in [0.4, 0.5) is 5.82 Å². The van der Waals surface area contributed by atoms with Gasteiger partial charge < -0.3 is 5.73 Å². The number of anilines is 1. The summed E-state index contributed by atoms with van der Waals surface area (Å²) >= 11 is 5.93. The first-order chi connectivity index (χ1) is 9.34. The van der Waals surface area contributed by atoms with E-state index in [2.05, 4.69) is 10.2 Å². The zero-order valence-corrected chi connectivity index (χ0v) is 12.6. The molecule has 2 rings (SSSR count). The molecule has 0 aliphatic rings. The molecule has 108 valence electrons. The van der Waals surface area contributed by atoms with Crippen molar-refractivity contribution in [2.45, 2.75) is 17.9 Å². The van der Waals surface area contributed by atoms with Crippen LogP contribution in [-0.4, -0.2) is 30.0 Å². The number of aromatic amines is 1. The molecule has 2 aromatic rings. The molecule has 0 aliphatic heterocycles. The number of nitrogens with one attached hydrogen (secondary N) is 1. The topological polar surface area (TPSA) is 92.1 Å². The Kier molecular flexibility index (Phi) is 4.03. The second kappa shape index (κ2) is 5.43. The number of halogens is 1. The Morgan fingerprint density at radius 2 is 2.15 bits per heavy atom. The van der Waals surface area contributed by atoms with E-state index in [0.29, 0.717) is 5.02 Å². The van der Waals surface area contributed by atoms with Crippen molar-refractivity contribution in [3.63, 3.8) is 0 Å². The molecule has 1 heterocycles. The van der Waals surface area contributed by atoms with Crippen LogP contribution in [0.3, 0.4) is 0 Å². The summed E-state index contributed by atoms with van der Waals surface area (Å²) in [6.07, 6.45) is 1.20. The summed E-state index contributed by atoms with van der Waals surface area (Å²) in [7, 11) is -2.22. The minimum Gasteiger partial charge on any atom is -0.383 e. The standard InChI is InChI=1S/C12H15ClN4O2S/c1-8(9-4-3-5-10(13)6-9)17(2)20(18,19)11-7-15-16-12(11)14/h3-8H,1-2H3,(H3,14,15,16). The number of hydrogen-bond donors (Lipinski definition) is 2. The number of H-pyrrole nitrogens is 1. The summed E-state index contributed by atoms with van der Waals surface area (Å²) < 4.78 is 26.2. The molecule has 0 bridgehead atoms. The van der Waals surface area contributed by atoms with E-state index in [9.17, 15) is 8.42 Å². The van der Waals surface area contributed by atoms with Gasteiger partial charge in [-0.1, -0.05) is 23.7 Å². The van der Waals surface area contributed by atoms with Gasteiger partial charge in [-0.3, -0.25) is 5.10 Å². The summed E-state index contributed by atoms with van der Waals surface area (Å²) in [6, 6.07) is 6.69. The van der Waals surface area contributed by atoms with E-state index in [1.165, 1.54) is 17.5 Å². The average molecular weight is 315 g/mol. The number of hydrogen-bond acceptors (Lipinski definition) is 4. The first-order valence-electron chi connectivity index (χ1n) is 5.86. The number of rotatable bonds is 4. The fourth-order valence-corrected chi connectivity index (χ4v) is 3.39. The second-order valence-corrected chi connectivity index (χ2v) is 6.80. The number of nitrogens with zero attached hydrogens (tertiary/aromatic N) is 2. The van der Waals surface area contributed by atoms with E-state index >= 15 is 0 Å². The van der Waals surface area contributed by atoms with Gasteiger partial charge in [-0.05, 0) is 24.6 Å². The zero-order valence-electron chi connectivity index (χ0n) is 11.0. The van der Waals surface area contributed by atoms with Gasteiger partial charge in [-0.25, -0.2) is 8.42 Å². The molecule has 0 saturated heterocycles. The van der Waals surface area contributed by atoms with Crippen molar-refractivity contribution in [3.05, 3.63) is 41.0 Å². The molecule has 6 nitrogen and oxygen atoms in total. The lowest BCUT2D eigenvalue weighted by Crippen LogP contribution is -2.30. The van der Waals surface area contributed by atoms with E-state index in [-0.39, 0.29) is 16.8 Å². The van der Waals surface area contributed by atoms with Gasteiger partial charge >= 0.3 is 0 Å². The molecule has 1 aromatic carbocycles. The van der Waals surface area contributed by atoms with Crippen LogP contribution in [0.15, 0.2) is 35.4 Å². The van der Waals surface area contributed by atoms with Crippen molar-refractivity contribution in [3.8, 4) is 0 Å². The maximum atomic E-state index is 12.5. The highest BCUT2D eigenvalue weighted by Gasteiger charge is 2.29. The molecule has 0 fully saturated rings. The first kappa shape index (κ1) is 14.8. The van der Waals surface area contributed by atoms with Crippen molar-refractivity contribution in [2.24, 2.45) is 0 Å². The lowest BCUT2D eigenvalue weighted by Gasteiger charge is -2.24. The lowest BCUT2D eigenvalue weighted by molar-refractivity contribution is 0.398. The number of nitrogens with two attached hydrogens (primary N) is 1. The van der Waals surface area contributed by atoms with Gasteiger partial charge in [0.05, 0.1) is 6.20 Å². The maximum absolute atomic E-state index is 12.5. The van der Waals surface area contributed by atoms with Crippen LogP contribution in [0.5, 0.6) is 0 Å². The Balaban J connectivity index is 2.36. The normalized spacial score (nSPS) is 13.6. The van der Waals surface area contributed by atoms with Crippen molar-refractivity contribution >= 4 is 27.4 Å². The van der Waals surface area contributed by atoms with Crippen molar-refractivity contribution in [1.82, 2.24) is 14.5 Å². The fraction of sp³-hybridized carbons (Fsp3) is 0.250. The minimum atomic E-state index is -3.72. The molecule has 8 heteroatoms. The molecule has 1 aromatic heterocycles. The Morgan fingerprint density at radius 1 is 1.45 bits per heavy atom. The van der Waals surface area contributed by atoms with Crippen LogP contribution < -0.4 is 5.73 Å². The molecule has 3 N–H and O–H groups in total. The third-order valence-corrected chi connectivity index (χ3v) is 5.36. The predicted octanol–water partition coefficient (Wildman–Crippen LogP) is 2.03. The van der Waals surface area contributed by atoms with Crippen molar-refractivity contribution in [1.29, 1.82) is 0 Å². The Morgan fingerprint density at radius 3 is 2.70 bits per heavy atom. The van der Waals surface area contributed by atoms with E-state index in [4.69, 9.17) is 17.3 Å². The number of nitrogen functional groups attached to an aromatic ring is 1. The predicted molar refractivity (Wildman–Crippen MR) is 77.8 cm³/mol. The maximum Gasteiger partial charge on any atom is 0.248 e. The van der Waals surface area contributed by atoms with Gasteiger partial charge in [0.25, 0.3) is 0 Å². The molecule has 0 saturated carbocycles. The molecule has 20 heavy (non-hydrogen) atoms. The average Bonchev–Trinajstić information content (AvgIpc) is 2.84. The monoisotopic (exact) mass is 314 g/mol. The largest absolute Gasteiger partial charge is 0.383 e. The van der Waals surface area contributed by atoms with Gasteiger partial charge in [0.1, 0.15) is 10.7 Å². The molecular formula is C12H15ClN4O2S. The Hall–Kier alpha value is -1.57. The van der Waals surface area contributed by atoms with Crippen LogP contribution in [-0.2, 0) is 10.0 Å². The van der Waals surface area contributed by atoms with Crippen LogP contribution in [0.1, 0.15) is 18.5 Å². The molecular weight excluding hydrogens is 300 g/mol. The third kappa shape index (κ3) is 2.65. The molecule has 0 aliphatic carbocycles. The number of sulfonamides is 1. The lowest BCUT2D eigenvalue weighted by atomic mass is 10.1. The van der Waals surface area contributed by atoms with Gasteiger partial charge in [0, 0.05) is 18.1 Å². The second-order valence-electron chi connectivity index (χ2n) is 4.40. The van der Waals surface area contributed by atoms with E-state index in [1.54, 1.807) is 25.1 Å². The van der Waals surface area contributed by atoms with Crippen LogP contribution >= 0.6 is 11.6 Å². The van der Waals surface area contributed by atoms with Crippen molar-refractivity contribution < 1.29 is 8.42 Å². The highest BCUT2D eigenvalue weighted by atomic mass is 35.5. The van der Waals surface area contributed by atoms with E-state index in [0.717, 1.165) is 5.56 Å². The molecule has 0 amide bonds. The van der Waals surface area contributed by atoms with Crippen molar-refractivity contribution in [2.75, 3.05) is 12.8 Å². The molecule has 0 spiro atoms. The van der Waals surface area contributed by atoms with E-state index in [1.807, 2.05) is 6.07 Å². The van der Waals surface area contributed by atoms with Gasteiger partial charge in [0.15, 0.2) is 0 Å². The van der Waals surface area contributed by atoms with Gasteiger partial charge in [-0.15, -0.1) is 0 Å². The summed E-state index contributed by atoms with van der Waals surface area (Å²) in [5.41, 5.74) is 6.38. The quantitative estimate of drug-likeness (QED) is 0.903. The fourth-order valence-electron chi connectivity index (χ4n) is 1.83. The van der Waals surface area contributed by atoms with E-state index < -0.39 is 10.0 Å². The highest BCUT2D eigenvalue weighted by molar-refractivity contribution is 7.89. The first-order valence-corrected chi connectivity index (χ1v) is 7.68. The highest BCUT2D eigenvalue weighted by Crippen LogP contribution is 2.28. The van der Waals surface area contributed by atoms with Crippen LogP contribution in [0.25, 0.3) is 0 Å². The zero-order chi connectivity index (χ0) is 14.9. The molecule has 1 atom stereocenters. The minimum absolute atomic E-state index is 0.0233. The number of aromatic nitrogens is 2. The molecule has 0 radical (unpaired) electrons. The summed E-state index contributed by atoms with van der Waals surface area (Å²) in [5.74, 6) is 0.0233. The summed E-state index contributed by atoms with van der Waals surface area (Å²) in [5, 5.41) is 6.62. The Bertz CT molecular complexity index is 714. The smallest absolute Gasteiger partial charge is 0.248 e. The summed E-state index contributed by atoms with van der Waals surface area (Å²) in [4.78, 5) is -0.0334. The third-order valence-electron chi connectivity index (χ3n) is 3.17. The van der Waals surface area contributed by atoms with Crippen LogP contribution in [0, 0.1) is 0 Å². The van der Waals surface area contributed by atoms with Crippen LogP contribution in [0.2, 0.25) is 5.02 Å². The van der Waals surface area contributed by atoms with Gasteiger partial charge in [0.2, 0.25) is 10.0 Å². The Labute approximate surface area is 122 Å². The SMILES string of the molecule is CC(c1cccc(Cl)c1)N(C)S(=O)(=O)c1cn[nH]c1N. The van der Waals surface area contributed by atoms with Gasteiger partial charge in [-0.2, -0.15) is 9.40 Å².